The Hall–Kier alpha value is -2.72. The van der Waals surface area contributed by atoms with Crippen molar-refractivity contribution in [2.24, 2.45) is 0 Å². The maximum Gasteiger partial charge on any atom is 0.573 e. The third kappa shape index (κ3) is 6.38. The van der Waals surface area contributed by atoms with E-state index in [1.807, 2.05) is 0 Å². The number of ketones is 1. The molecule has 0 unspecified atom stereocenters. The number of ether oxygens (including phenoxy) is 1. The lowest BCUT2D eigenvalue weighted by molar-refractivity contribution is -0.274. The van der Waals surface area contributed by atoms with Crippen LogP contribution in [0.1, 0.15) is 18.4 Å². The summed E-state index contributed by atoms with van der Waals surface area (Å²) in [7, 11) is -3.95. The lowest BCUT2D eigenvalue weighted by Gasteiger charge is -2.28. The van der Waals surface area contributed by atoms with Gasteiger partial charge >= 0.3 is 6.36 Å². The van der Waals surface area contributed by atoms with E-state index < -0.39 is 28.0 Å². The highest BCUT2D eigenvalue weighted by atomic mass is 32.2. The van der Waals surface area contributed by atoms with Crippen LogP contribution in [0.4, 0.5) is 17.6 Å². The summed E-state index contributed by atoms with van der Waals surface area (Å²) in [4.78, 5) is 12.1. The number of benzene rings is 2. The van der Waals surface area contributed by atoms with Gasteiger partial charge in [0.2, 0.25) is 10.0 Å². The molecule has 1 aliphatic rings. The molecule has 2 aromatic rings. The SMILES string of the molecule is O=C(/C=C1/CCCN(S(=O)(=O)c2ccc(OC(F)(F)F)cc2)C1)Cc1ccc(F)cc1. The molecule has 166 valence electrons. The first-order valence-electron chi connectivity index (χ1n) is 9.36. The molecule has 0 bridgehead atoms. The van der Waals surface area contributed by atoms with Gasteiger partial charge < -0.3 is 4.74 Å². The Morgan fingerprint density at radius 2 is 1.71 bits per heavy atom. The highest BCUT2D eigenvalue weighted by molar-refractivity contribution is 7.89. The Morgan fingerprint density at radius 3 is 2.32 bits per heavy atom. The lowest BCUT2D eigenvalue weighted by atomic mass is 10.0. The summed E-state index contributed by atoms with van der Waals surface area (Å²) in [5.74, 6) is -1.15. The zero-order chi connectivity index (χ0) is 22.6. The highest BCUT2D eigenvalue weighted by Crippen LogP contribution is 2.27. The van der Waals surface area contributed by atoms with E-state index >= 15 is 0 Å². The number of sulfonamides is 1. The van der Waals surface area contributed by atoms with Gasteiger partial charge in [0.25, 0.3) is 0 Å². The monoisotopic (exact) mass is 457 g/mol. The molecule has 0 aromatic heterocycles. The summed E-state index contributed by atoms with van der Waals surface area (Å²) < 4.78 is 80.4. The maximum absolute atomic E-state index is 13.0. The van der Waals surface area contributed by atoms with E-state index in [1.165, 1.54) is 34.6 Å². The molecular weight excluding hydrogens is 438 g/mol. The molecule has 0 N–H and O–H groups in total. The molecule has 1 aliphatic heterocycles. The summed E-state index contributed by atoms with van der Waals surface area (Å²) in [6.07, 6.45) is -2.33. The molecule has 0 radical (unpaired) electrons. The van der Waals surface area contributed by atoms with Crippen molar-refractivity contribution in [1.29, 1.82) is 0 Å². The average Bonchev–Trinajstić information content (AvgIpc) is 2.69. The van der Waals surface area contributed by atoms with Gasteiger partial charge in [-0.15, -0.1) is 13.2 Å². The van der Waals surface area contributed by atoms with Crippen molar-refractivity contribution in [3.63, 3.8) is 0 Å². The second kappa shape index (κ2) is 9.19. The van der Waals surface area contributed by atoms with Crippen LogP contribution in [0.15, 0.2) is 65.1 Å². The van der Waals surface area contributed by atoms with Crippen LogP contribution in [0, 0.1) is 5.82 Å². The fourth-order valence-electron chi connectivity index (χ4n) is 3.23. The van der Waals surface area contributed by atoms with Gasteiger partial charge in [0, 0.05) is 19.5 Å². The van der Waals surface area contributed by atoms with Crippen LogP contribution in [-0.4, -0.2) is 38.0 Å². The van der Waals surface area contributed by atoms with Crippen LogP contribution in [0.2, 0.25) is 0 Å². The average molecular weight is 457 g/mol. The minimum absolute atomic E-state index is 0.0122. The van der Waals surface area contributed by atoms with Crippen molar-refractivity contribution in [3.8, 4) is 5.75 Å². The first-order chi connectivity index (χ1) is 14.5. The van der Waals surface area contributed by atoms with Crippen molar-refractivity contribution in [2.75, 3.05) is 13.1 Å². The van der Waals surface area contributed by atoms with Gasteiger partial charge in [-0.2, -0.15) is 4.31 Å². The molecule has 0 aliphatic carbocycles. The fourth-order valence-corrected chi connectivity index (χ4v) is 4.72. The highest BCUT2D eigenvalue weighted by Gasteiger charge is 2.32. The van der Waals surface area contributed by atoms with Gasteiger partial charge in [0.05, 0.1) is 4.90 Å². The number of piperidine rings is 1. The predicted molar refractivity (Wildman–Crippen MR) is 104 cm³/mol. The van der Waals surface area contributed by atoms with Crippen molar-refractivity contribution >= 4 is 15.8 Å². The predicted octanol–water partition coefficient (Wildman–Crippen LogP) is 4.25. The lowest BCUT2D eigenvalue weighted by Crippen LogP contribution is -2.37. The summed E-state index contributed by atoms with van der Waals surface area (Å²) in [6, 6.07) is 9.51. The molecule has 0 saturated carbocycles. The first-order valence-corrected chi connectivity index (χ1v) is 10.8. The van der Waals surface area contributed by atoms with Gasteiger partial charge in [-0.1, -0.05) is 17.7 Å². The van der Waals surface area contributed by atoms with E-state index in [9.17, 15) is 30.8 Å². The van der Waals surface area contributed by atoms with Gasteiger partial charge in [-0.25, -0.2) is 12.8 Å². The van der Waals surface area contributed by atoms with Crippen LogP contribution in [-0.2, 0) is 21.2 Å². The van der Waals surface area contributed by atoms with E-state index in [2.05, 4.69) is 4.74 Å². The fraction of sp³-hybridized carbons (Fsp3) is 0.286. The van der Waals surface area contributed by atoms with Crippen LogP contribution in [0.3, 0.4) is 0 Å². The number of carbonyl (C=O) groups excluding carboxylic acids is 1. The molecular formula is C21H19F4NO4S. The van der Waals surface area contributed by atoms with Crippen LogP contribution in [0.25, 0.3) is 0 Å². The zero-order valence-electron chi connectivity index (χ0n) is 16.2. The Labute approximate surface area is 177 Å². The Bertz CT molecular complexity index is 1060. The molecule has 0 atom stereocenters. The summed E-state index contributed by atoms with van der Waals surface area (Å²) in [6.45, 7) is 0.241. The molecule has 1 saturated heterocycles. The van der Waals surface area contributed by atoms with E-state index in [1.54, 1.807) is 0 Å². The standard InChI is InChI=1S/C21H19F4NO4S/c22-17-5-3-15(4-6-17)12-18(27)13-16-2-1-11-26(14-16)31(28,29)20-9-7-19(8-10-20)30-21(23,24)25/h3-10,13H,1-2,11-12,14H2/b16-13-. The second-order valence-electron chi connectivity index (χ2n) is 7.03. The molecule has 1 fully saturated rings. The number of halogens is 4. The topological polar surface area (TPSA) is 63.7 Å². The van der Waals surface area contributed by atoms with Gasteiger partial charge in [-0.05, 0) is 60.9 Å². The van der Waals surface area contributed by atoms with Gasteiger partial charge in [-0.3, -0.25) is 4.79 Å². The number of carbonyl (C=O) groups is 1. The quantitative estimate of drug-likeness (QED) is 0.481. The largest absolute Gasteiger partial charge is 0.573 e. The van der Waals surface area contributed by atoms with Crippen molar-refractivity contribution < 1.29 is 35.5 Å². The number of allylic oxidation sites excluding steroid dienone is 1. The minimum atomic E-state index is -4.87. The van der Waals surface area contributed by atoms with Gasteiger partial charge in [0.1, 0.15) is 11.6 Å². The first kappa shape index (κ1) is 23.0. The molecule has 5 nitrogen and oxygen atoms in total. The smallest absolute Gasteiger partial charge is 0.406 e. The molecule has 10 heteroatoms. The Balaban J connectivity index is 1.69. The van der Waals surface area contributed by atoms with E-state index in [4.69, 9.17) is 0 Å². The number of hydrogen-bond donors (Lipinski definition) is 0. The Morgan fingerprint density at radius 1 is 1.06 bits per heavy atom. The number of nitrogens with zero attached hydrogens (tertiary/aromatic N) is 1. The molecule has 0 amide bonds. The summed E-state index contributed by atoms with van der Waals surface area (Å²) >= 11 is 0. The summed E-state index contributed by atoms with van der Waals surface area (Å²) in [5.41, 5.74) is 1.28. The summed E-state index contributed by atoms with van der Waals surface area (Å²) in [5, 5.41) is 0. The van der Waals surface area contributed by atoms with Crippen LogP contribution < -0.4 is 4.74 Å². The van der Waals surface area contributed by atoms with Crippen molar-refractivity contribution in [2.45, 2.75) is 30.5 Å². The number of alkyl halides is 3. The van der Waals surface area contributed by atoms with E-state index in [-0.39, 0.29) is 30.2 Å². The van der Waals surface area contributed by atoms with Crippen molar-refractivity contribution in [1.82, 2.24) is 4.31 Å². The number of rotatable bonds is 6. The van der Waals surface area contributed by atoms with Crippen LogP contribution >= 0.6 is 0 Å². The Kier molecular flexibility index (Phi) is 6.80. The molecule has 0 spiro atoms. The molecule has 2 aromatic carbocycles. The van der Waals surface area contributed by atoms with E-state index in [0.717, 1.165) is 24.3 Å². The number of hydrogen-bond acceptors (Lipinski definition) is 4. The van der Waals surface area contributed by atoms with Crippen molar-refractivity contribution in [3.05, 3.63) is 71.6 Å². The third-order valence-corrected chi connectivity index (χ3v) is 6.50. The van der Waals surface area contributed by atoms with E-state index in [0.29, 0.717) is 24.0 Å². The van der Waals surface area contributed by atoms with Gasteiger partial charge in [0.15, 0.2) is 5.78 Å². The zero-order valence-corrected chi connectivity index (χ0v) is 17.0. The molecule has 31 heavy (non-hydrogen) atoms. The molecule has 1 heterocycles. The second-order valence-corrected chi connectivity index (χ2v) is 8.97. The maximum atomic E-state index is 13.0. The molecule has 3 rings (SSSR count). The minimum Gasteiger partial charge on any atom is -0.406 e. The normalized spacial score (nSPS) is 17.0. The third-order valence-electron chi connectivity index (χ3n) is 4.64. The van der Waals surface area contributed by atoms with Crippen LogP contribution in [0.5, 0.6) is 5.75 Å².